The van der Waals surface area contributed by atoms with Gasteiger partial charge in [0.25, 0.3) is 5.69 Å². The van der Waals surface area contributed by atoms with Gasteiger partial charge in [0.2, 0.25) is 0 Å². The smallest absolute Gasteiger partial charge is 0.287 e. The quantitative estimate of drug-likeness (QED) is 0.609. The molecule has 0 spiro atoms. The molecule has 1 aromatic rings. The maximum atomic E-state index is 10.9. The number of nitrogens with zero attached hydrogens (tertiary/aromatic N) is 3. The van der Waals surface area contributed by atoms with E-state index in [-0.39, 0.29) is 11.3 Å². The molecule has 21 heavy (non-hydrogen) atoms. The molecule has 0 unspecified atom stereocenters. The van der Waals surface area contributed by atoms with Crippen LogP contribution in [0.1, 0.15) is 45.1 Å². The summed E-state index contributed by atoms with van der Waals surface area (Å²) in [6, 6.07) is 7.33. The number of benzene rings is 1. The summed E-state index contributed by atoms with van der Waals surface area (Å²) in [5, 5.41) is 20.1. The Balaban J connectivity index is 2.35. The van der Waals surface area contributed by atoms with Crippen molar-refractivity contribution >= 4 is 11.4 Å². The molecule has 0 radical (unpaired) electrons. The highest BCUT2D eigenvalue weighted by Crippen LogP contribution is 2.31. The summed E-state index contributed by atoms with van der Waals surface area (Å²) in [5.74, 6) is 0.506. The molecule has 5 heteroatoms. The first-order valence-corrected chi connectivity index (χ1v) is 7.48. The molecule has 2 rings (SSSR count). The Bertz CT molecular complexity index is 557. The molecule has 5 nitrogen and oxygen atoms in total. The number of nitriles is 1. The molecule has 1 aliphatic rings. The predicted octanol–water partition coefficient (Wildman–Crippen LogP) is 3.87. The maximum Gasteiger partial charge on any atom is 0.287 e. The molecule has 0 aromatic heterocycles. The lowest BCUT2D eigenvalue weighted by molar-refractivity contribution is -0.385. The van der Waals surface area contributed by atoms with E-state index in [2.05, 4.69) is 18.7 Å². The molecule has 0 saturated heterocycles. The molecule has 0 bridgehead atoms. The fraction of sp³-hybridized carbons (Fsp3) is 0.562. The lowest BCUT2D eigenvalue weighted by atomic mass is 10.1. The fourth-order valence-electron chi connectivity index (χ4n) is 3.03. The van der Waals surface area contributed by atoms with Crippen LogP contribution in [0.15, 0.2) is 18.2 Å². The Morgan fingerprint density at radius 3 is 2.62 bits per heavy atom. The fourth-order valence-corrected chi connectivity index (χ4v) is 3.03. The Morgan fingerprint density at radius 1 is 1.43 bits per heavy atom. The third kappa shape index (κ3) is 3.52. The van der Waals surface area contributed by atoms with Gasteiger partial charge in [-0.15, -0.1) is 0 Å². The summed E-state index contributed by atoms with van der Waals surface area (Å²) in [4.78, 5) is 12.8. The van der Waals surface area contributed by atoms with Crippen LogP contribution in [0.2, 0.25) is 0 Å². The zero-order valence-corrected chi connectivity index (χ0v) is 12.6. The van der Waals surface area contributed by atoms with Crippen LogP contribution in [0.4, 0.5) is 11.4 Å². The van der Waals surface area contributed by atoms with Gasteiger partial charge < -0.3 is 4.90 Å². The van der Waals surface area contributed by atoms with Crippen LogP contribution in [0.3, 0.4) is 0 Å². The van der Waals surface area contributed by atoms with Gasteiger partial charge in [0, 0.05) is 24.3 Å². The second kappa shape index (κ2) is 6.57. The van der Waals surface area contributed by atoms with E-state index in [4.69, 9.17) is 5.26 Å². The van der Waals surface area contributed by atoms with E-state index in [1.54, 1.807) is 12.1 Å². The summed E-state index contributed by atoms with van der Waals surface area (Å²) in [6.07, 6.45) is 4.78. The van der Waals surface area contributed by atoms with E-state index in [0.717, 1.165) is 25.1 Å². The highest BCUT2D eigenvalue weighted by atomic mass is 16.6. The van der Waals surface area contributed by atoms with Crippen molar-refractivity contribution < 1.29 is 4.92 Å². The van der Waals surface area contributed by atoms with Gasteiger partial charge in [0.1, 0.15) is 11.6 Å². The van der Waals surface area contributed by atoms with Crippen molar-refractivity contribution in [2.24, 2.45) is 5.92 Å². The number of hydrogen-bond acceptors (Lipinski definition) is 4. The van der Waals surface area contributed by atoms with Crippen LogP contribution in [0.25, 0.3) is 0 Å². The van der Waals surface area contributed by atoms with E-state index in [9.17, 15) is 10.1 Å². The highest BCUT2D eigenvalue weighted by molar-refractivity contribution is 5.60. The summed E-state index contributed by atoms with van der Waals surface area (Å²) < 4.78 is 0. The summed E-state index contributed by atoms with van der Waals surface area (Å²) in [5.41, 5.74) is 0.958. The molecule has 0 atom stereocenters. The molecule has 0 N–H and O–H groups in total. The minimum absolute atomic E-state index is 0.114. The van der Waals surface area contributed by atoms with Crippen molar-refractivity contribution in [1.82, 2.24) is 0 Å². The zero-order valence-electron chi connectivity index (χ0n) is 12.6. The highest BCUT2D eigenvalue weighted by Gasteiger charge is 2.25. The third-order valence-electron chi connectivity index (χ3n) is 3.96. The van der Waals surface area contributed by atoms with Crippen LogP contribution in [-0.4, -0.2) is 17.5 Å². The van der Waals surface area contributed by atoms with Crippen molar-refractivity contribution in [3.63, 3.8) is 0 Å². The van der Waals surface area contributed by atoms with Crippen LogP contribution in [-0.2, 0) is 0 Å². The van der Waals surface area contributed by atoms with Crippen molar-refractivity contribution in [1.29, 1.82) is 5.26 Å². The summed E-state index contributed by atoms with van der Waals surface area (Å²) in [6.45, 7) is 5.24. The molecule has 0 heterocycles. The number of anilines is 1. The molecular weight excluding hydrogens is 266 g/mol. The third-order valence-corrected chi connectivity index (χ3v) is 3.96. The molecule has 1 aliphatic carbocycles. The van der Waals surface area contributed by atoms with Crippen LogP contribution in [0, 0.1) is 27.4 Å². The van der Waals surface area contributed by atoms with Crippen molar-refractivity contribution in [3.8, 4) is 6.07 Å². The van der Waals surface area contributed by atoms with E-state index in [0.29, 0.717) is 12.0 Å². The SMILES string of the molecule is CC(C)CN(c1ccc([N+](=O)[O-])c(C#N)c1)C1CCCC1. The van der Waals surface area contributed by atoms with Crippen LogP contribution >= 0.6 is 0 Å². The molecule has 112 valence electrons. The van der Waals surface area contributed by atoms with Crippen LogP contribution in [0.5, 0.6) is 0 Å². The van der Waals surface area contributed by atoms with E-state index < -0.39 is 4.92 Å². The average molecular weight is 287 g/mol. The Hall–Kier alpha value is -2.09. The van der Waals surface area contributed by atoms with Gasteiger partial charge in [-0.1, -0.05) is 26.7 Å². The van der Waals surface area contributed by atoms with Gasteiger partial charge in [0.05, 0.1) is 4.92 Å². The lowest BCUT2D eigenvalue weighted by Gasteiger charge is -2.32. The molecular formula is C16H21N3O2. The van der Waals surface area contributed by atoms with Gasteiger partial charge in [-0.05, 0) is 30.9 Å². The summed E-state index contributed by atoms with van der Waals surface area (Å²) >= 11 is 0. The molecule has 1 saturated carbocycles. The molecule has 0 amide bonds. The maximum absolute atomic E-state index is 10.9. The second-order valence-corrected chi connectivity index (χ2v) is 6.05. The topological polar surface area (TPSA) is 70.2 Å². The molecule has 1 fully saturated rings. The predicted molar refractivity (Wildman–Crippen MR) is 82.3 cm³/mol. The minimum Gasteiger partial charge on any atom is -0.368 e. The van der Waals surface area contributed by atoms with Gasteiger partial charge in [-0.2, -0.15) is 5.26 Å². The van der Waals surface area contributed by atoms with E-state index in [1.807, 2.05) is 6.07 Å². The monoisotopic (exact) mass is 287 g/mol. The van der Waals surface area contributed by atoms with Crippen molar-refractivity contribution in [2.45, 2.75) is 45.6 Å². The molecule has 0 aliphatic heterocycles. The van der Waals surface area contributed by atoms with Crippen LogP contribution < -0.4 is 4.90 Å². The number of hydrogen-bond donors (Lipinski definition) is 0. The number of rotatable bonds is 5. The summed E-state index contributed by atoms with van der Waals surface area (Å²) in [7, 11) is 0. The first-order chi connectivity index (χ1) is 10.0. The number of nitro benzene ring substituents is 1. The lowest BCUT2D eigenvalue weighted by Crippen LogP contribution is -2.36. The Labute approximate surface area is 125 Å². The zero-order chi connectivity index (χ0) is 15.4. The second-order valence-electron chi connectivity index (χ2n) is 6.05. The van der Waals surface area contributed by atoms with E-state index >= 15 is 0 Å². The average Bonchev–Trinajstić information content (AvgIpc) is 2.97. The Kier molecular flexibility index (Phi) is 4.79. The van der Waals surface area contributed by atoms with Crippen molar-refractivity contribution in [2.75, 3.05) is 11.4 Å². The van der Waals surface area contributed by atoms with Gasteiger partial charge >= 0.3 is 0 Å². The standard InChI is InChI=1S/C16H21N3O2/c1-12(2)11-18(14-5-3-4-6-14)15-7-8-16(19(20)21)13(9-15)10-17/h7-9,12,14H,3-6,11H2,1-2H3. The minimum atomic E-state index is -0.495. The van der Waals surface area contributed by atoms with Gasteiger partial charge in [-0.3, -0.25) is 10.1 Å². The first-order valence-electron chi connectivity index (χ1n) is 7.48. The van der Waals surface area contributed by atoms with Crippen molar-refractivity contribution in [3.05, 3.63) is 33.9 Å². The Morgan fingerprint density at radius 2 is 2.10 bits per heavy atom. The largest absolute Gasteiger partial charge is 0.368 e. The first kappa shape index (κ1) is 15.3. The normalized spacial score (nSPS) is 15.1. The number of nitro groups is 1. The van der Waals surface area contributed by atoms with Gasteiger partial charge in [0.15, 0.2) is 0 Å². The van der Waals surface area contributed by atoms with E-state index in [1.165, 1.54) is 18.9 Å². The molecule has 1 aromatic carbocycles. The van der Waals surface area contributed by atoms with Gasteiger partial charge in [-0.25, -0.2) is 0 Å².